The molecule has 0 spiro atoms. The third kappa shape index (κ3) is 3.67. The van der Waals surface area contributed by atoms with E-state index in [-0.39, 0.29) is 17.4 Å². The first-order valence-electron chi connectivity index (χ1n) is 11.1. The van der Waals surface area contributed by atoms with Gasteiger partial charge in [-0.15, -0.1) is 0 Å². The second-order valence-corrected chi connectivity index (χ2v) is 8.61. The van der Waals surface area contributed by atoms with Gasteiger partial charge < -0.3 is 29.2 Å². The summed E-state index contributed by atoms with van der Waals surface area (Å²) >= 11 is 0. The molecule has 1 heterocycles. The Morgan fingerprint density at radius 2 is 1.74 bits per heavy atom. The molecule has 0 unspecified atom stereocenters. The lowest BCUT2D eigenvalue weighted by Crippen LogP contribution is -2.28. The van der Waals surface area contributed by atoms with Crippen LogP contribution in [0.25, 0.3) is 11.1 Å². The van der Waals surface area contributed by atoms with Gasteiger partial charge in [-0.05, 0) is 65.4 Å². The van der Waals surface area contributed by atoms with Crippen molar-refractivity contribution in [3.05, 3.63) is 64.7 Å². The van der Waals surface area contributed by atoms with Gasteiger partial charge in [-0.2, -0.15) is 0 Å². The molecule has 1 aliphatic carbocycles. The van der Waals surface area contributed by atoms with E-state index in [4.69, 9.17) is 18.9 Å². The second kappa shape index (κ2) is 8.48. The second-order valence-electron chi connectivity index (χ2n) is 8.61. The minimum Gasteiger partial charge on any atom is -0.508 e. The number of aromatic hydroxyl groups is 2. The van der Waals surface area contributed by atoms with Gasteiger partial charge in [0.05, 0.1) is 26.7 Å². The van der Waals surface area contributed by atoms with E-state index in [1.54, 1.807) is 37.4 Å². The number of aryl methyl sites for hydroxylation is 2. The zero-order chi connectivity index (χ0) is 24.0. The van der Waals surface area contributed by atoms with Crippen molar-refractivity contribution in [3.63, 3.8) is 0 Å². The molecular formula is C27H26O7. The summed E-state index contributed by atoms with van der Waals surface area (Å²) in [6, 6.07) is 12.5. The van der Waals surface area contributed by atoms with Crippen LogP contribution in [0.1, 0.15) is 41.2 Å². The number of esters is 1. The SMILES string of the molecule is COc1cc([C@H]2COc3cc4c(cc3[C@@H]2OC(C)=O)-c2c(cc(O)cc2OC)CC4)ccc1O. The Balaban J connectivity index is 1.65. The molecular weight excluding hydrogens is 436 g/mol. The van der Waals surface area contributed by atoms with Crippen LogP contribution in [0.15, 0.2) is 42.5 Å². The highest BCUT2D eigenvalue weighted by atomic mass is 16.6. The molecule has 3 aromatic rings. The maximum absolute atomic E-state index is 12.1. The van der Waals surface area contributed by atoms with Crippen molar-refractivity contribution in [1.29, 1.82) is 0 Å². The third-order valence-electron chi connectivity index (χ3n) is 6.57. The maximum atomic E-state index is 12.1. The number of rotatable bonds is 4. The minimum absolute atomic E-state index is 0.0356. The summed E-state index contributed by atoms with van der Waals surface area (Å²) in [6.45, 7) is 1.70. The number of hydrogen-bond donors (Lipinski definition) is 2. The van der Waals surface area contributed by atoms with Gasteiger partial charge in [0.25, 0.3) is 0 Å². The molecule has 0 saturated heterocycles. The van der Waals surface area contributed by atoms with E-state index < -0.39 is 12.1 Å². The van der Waals surface area contributed by atoms with Crippen LogP contribution < -0.4 is 14.2 Å². The molecule has 7 nitrogen and oxygen atoms in total. The van der Waals surface area contributed by atoms with Crippen LogP contribution >= 0.6 is 0 Å². The van der Waals surface area contributed by atoms with E-state index in [0.717, 1.165) is 46.2 Å². The van der Waals surface area contributed by atoms with Gasteiger partial charge in [-0.1, -0.05) is 6.07 Å². The fourth-order valence-electron chi connectivity index (χ4n) is 5.02. The van der Waals surface area contributed by atoms with Crippen molar-refractivity contribution >= 4 is 5.97 Å². The van der Waals surface area contributed by atoms with E-state index in [2.05, 4.69) is 0 Å². The first-order chi connectivity index (χ1) is 16.4. The summed E-state index contributed by atoms with van der Waals surface area (Å²) in [4.78, 5) is 12.1. The van der Waals surface area contributed by atoms with Gasteiger partial charge in [0.15, 0.2) is 11.5 Å². The van der Waals surface area contributed by atoms with Crippen molar-refractivity contribution in [2.45, 2.75) is 31.8 Å². The molecule has 34 heavy (non-hydrogen) atoms. The Morgan fingerprint density at radius 1 is 0.971 bits per heavy atom. The lowest BCUT2D eigenvalue weighted by atomic mass is 9.80. The molecule has 7 heteroatoms. The maximum Gasteiger partial charge on any atom is 0.303 e. The normalized spacial score (nSPS) is 18.1. The Labute approximate surface area is 197 Å². The van der Waals surface area contributed by atoms with Crippen LogP contribution in [-0.4, -0.2) is 37.0 Å². The van der Waals surface area contributed by atoms with Crippen molar-refractivity contribution in [2.24, 2.45) is 0 Å². The van der Waals surface area contributed by atoms with Crippen molar-refractivity contribution < 1.29 is 34.0 Å². The van der Waals surface area contributed by atoms with E-state index >= 15 is 0 Å². The van der Waals surface area contributed by atoms with Crippen molar-refractivity contribution in [3.8, 4) is 39.9 Å². The zero-order valence-corrected chi connectivity index (χ0v) is 19.3. The highest BCUT2D eigenvalue weighted by Crippen LogP contribution is 2.50. The predicted octanol–water partition coefficient (Wildman–Crippen LogP) is 4.66. The molecule has 3 aromatic carbocycles. The fraction of sp³-hybridized carbons (Fsp3) is 0.296. The first kappa shape index (κ1) is 21.9. The summed E-state index contributed by atoms with van der Waals surface area (Å²) in [7, 11) is 3.07. The van der Waals surface area contributed by atoms with Gasteiger partial charge in [0.2, 0.25) is 0 Å². The standard InChI is InChI=1S/C27H26O7/c1-14(28)34-27-20-12-19-15(4-5-17-8-18(29)11-25(32-3)26(17)19)9-23(20)33-13-21(27)16-6-7-22(30)24(10-16)31-2/h6-12,21,27,29-30H,4-5,13H2,1-3H3/t21-,27+/m1/s1. The molecule has 0 amide bonds. The molecule has 5 rings (SSSR count). The van der Waals surface area contributed by atoms with E-state index in [1.165, 1.54) is 14.0 Å². The summed E-state index contributed by atoms with van der Waals surface area (Å²) < 4.78 is 22.9. The van der Waals surface area contributed by atoms with Crippen LogP contribution in [0, 0.1) is 0 Å². The van der Waals surface area contributed by atoms with E-state index in [0.29, 0.717) is 23.9 Å². The summed E-state index contributed by atoms with van der Waals surface area (Å²) in [5.74, 6) is 1.13. The number of carbonyl (C=O) groups excluding carboxylic acids is 1. The monoisotopic (exact) mass is 462 g/mol. The predicted molar refractivity (Wildman–Crippen MR) is 125 cm³/mol. The molecule has 0 saturated carbocycles. The smallest absolute Gasteiger partial charge is 0.303 e. The molecule has 2 N–H and O–H groups in total. The van der Waals surface area contributed by atoms with Gasteiger partial charge >= 0.3 is 5.97 Å². The van der Waals surface area contributed by atoms with Crippen LogP contribution in [0.2, 0.25) is 0 Å². The van der Waals surface area contributed by atoms with Crippen molar-refractivity contribution in [1.82, 2.24) is 0 Å². The largest absolute Gasteiger partial charge is 0.508 e. The molecule has 0 radical (unpaired) electrons. The Hall–Kier alpha value is -3.87. The minimum atomic E-state index is -0.589. The fourth-order valence-corrected chi connectivity index (χ4v) is 5.02. The van der Waals surface area contributed by atoms with Crippen LogP contribution in [0.3, 0.4) is 0 Å². The summed E-state index contributed by atoms with van der Waals surface area (Å²) in [5, 5.41) is 20.1. The number of ether oxygens (including phenoxy) is 4. The Kier molecular flexibility index (Phi) is 5.48. The number of benzene rings is 3. The van der Waals surface area contributed by atoms with Crippen LogP contribution in [0.5, 0.6) is 28.7 Å². The molecule has 1 aliphatic heterocycles. The average Bonchev–Trinajstić information content (AvgIpc) is 2.82. The summed E-state index contributed by atoms with van der Waals surface area (Å²) in [6.07, 6.45) is 0.978. The zero-order valence-electron chi connectivity index (χ0n) is 19.3. The van der Waals surface area contributed by atoms with Crippen molar-refractivity contribution in [2.75, 3.05) is 20.8 Å². The van der Waals surface area contributed by atoms with Gasteiger partial charge in [0, 0.05) is 24.1 Å². The highest BCUT2D eigenvalue weighted by molar-refractivity contribution is 5.81. The number of carbonyl (C=O) groups is 1. The molecule has 0 fully saturated rings. The van der Waals surface area contributed by atoms with Gasteiger partial charge in [-0.25, -0.2) is 0 Å². The van der Waals surface area contributed by atoms with Gasteiger partial charge in [0.1, 0.15) is 23.4 Å². The molecule has 0 aromatic heterocycles. The lowest BCUT2D eigenvalue weighted by molar-refractivity contribution is -0.149. The number of hydrogen-bond acceptors (Lipinski definition) is 7. The Bertz CT molecular complexity index is 1260. The Morgan fingerprint density at radius 3 is 2.47 bits per heavy atom. The average molecular weight is 462 g/mol. The molecule has 2 atom stereocenters. The summed E-state index contributed by atoms with van der Waals surface area (Å²) in [5.41, 5.74) is 5.61. The molecule has 2 aliphatic rings. The van der Waals surface area contributed by atoms with E-state index in [9.17, 15) is 15.0 Å². The number of fused-ring (bicyclic) bond motifs is 4. The molecule has 176 valence electrons. The quantitative estimate of drug-likeness (QED) is 0.545. The number of methoxy groups -OCH3 is 2. The first-order valence-corrected chi connectivity index (χ1v) is 11.1. The topological polar surface area (TPSA) is 94.5 Å². The highest BCUT2D eigenvalue weighted by Gasteiger charge is 2.37. The van der Waals surface area contributed by atoms with Crippen LogP contribution in [0.4, 0.5) is 0 Å². The lowest BCUT2D eigenvalue weighted by Gasteiger charge is -2.35. The van der Waals surface area contributed by atoms with Gasteiger partial charge in [-0.3, -0.25) is 4.79 Å². The third-order valence-corrected chi connectivity index (χ3v) is 6.57. The number of phenolic OH excluding ortho intramolecular Hbond substituents is 2. The van der Waals surface area contributed by atoms with Crippen LogP contribution in [-0.2, 0) is 22.4 Å². The number of phenols is 2. The molecule has 0 bridgehead atoms. The van der Waals surface area contributed by atoms with E-state index in [1.807, 2.05) is 12.1 Å².